The van der Waals surface area contributed by atoms with Crippen LogP contribution in [0.25, 0.3) is 0 Å². The smallest absolute Gasteiger partial charge is 0.333 e. The molecular formula is C16H24O2. The molecule has 0 heterocycles. The number of ether oxygens (including phenoxy) is 1. The van der Waals surface area contributed by atoms with Crippen LogP contribution < -0.4 is 0 Å². The number of hydrogen-bond donors (Lipinski definition) is 0. The molecule has 3 atom stereocenters. The lowest BCUT2D eigenvalue weighted by Gasteiger charge is -2.47. The predicted molar refractivity (Wildman–Crippen MR) is 73.1 cm³/mol. The second kappa shape index (κ2) is 4.91. The van der Waals surface area contributed by atoms with Gasteiger partial charge in [0.05, 0.1) is 7.11 Å². The van der Waals surface area contributed by atoms with Gasteiger partial charge in [0.25, 0.3) is 0 Å². The molecule has 0 saturated heterocycles. The predicted octanol–water partition coefficient (Wildman–Crippen LogP) is 3.88. The highest BCUT2D eigenvalue weighted by Crippen LogP contribution is 2.52. The number of esters is 1. The van der Waals surface area contributed by atoms with E-state index in [2.05, 4.69) is 26.5 Å². The van der Waals surface area contributed by atoms with Crippen LogP contribution in [-0.4, -0.2) is 13.1 Å². The van der Waals surface area contributed by atoms with E-state index in [4.69, 9.17) is 4.74 Å². The Bertz CT molecular complexity index is 394. The quantitative estimate of drug-likeness (QED) is 0.421. The molecule has 0 aromatic heterocycles. The Morgan fingerprint density at radius 2 is 2.22 bits per heavy atom. The van der Waals surface area contributed by atoms with Crippen molar-refractivity contribution in [3.63, 3.8) is 0 Å². The van der Waals surface area contributed by atoms with E-state index in [1.165, 1.54) is 31.9 Å². The number of carbonyl (C=O) groups is 1. The Labute approximate surface area is 110 Å². The summed E-state index contributed by atoms with van der Waals surface area (Å²) in [7, 11) is 1.44. The Morgan fingerprint density at radius 3 is 2.89 bits per heavy atom. The van der Waals surface area contributed by atoms with Crippen LogP contribution in [-0.2, 0) is 9.53 Å². The van der Waals surface area contributed by atoms with Crippen LogP contribution in [0.15, 0.2) is 23.8 Å². The van der Waals surface area contributed by atoms with Gasteiger partial charge >= 0.3 is 5.97 Å². The highest BCUT2D eigenvalue weighted by molar-refractivity contribution is 5.88. The molecule has 2 nitrogen and oxygen atoms in total. The summed E-state index contributed by atoms with van der Waals surface area (Å²) >= 11 is 0. The van der Waals surface area contributed by atoms with Crippen LogP contribution in [0.2, 0.25) is 0 Å². The monoisotopic (exact) mass is 248 g/mol. The van der Waals surface area contributed by atoms with Crippen LogP contribution in [0, 0.1) is 17.3 Å². The van der Waals surface area contributed by atoms with Gasteiger partial charge in [-0.3, -0.25) is 0 Å². The molecule has 2 aliphatic rings. The van der Waals surface area contributed by atoms with Crippen molar-refractivity contribution in [2.75, 3.05) is 7.11 Å². The first kappa shape index (κ1) is 13.4. The van der Waals surface area contributed by atoms with E-state index in [0.29, 0.717) is 22.8 Å². The van der Waals surface area contributed by atoms with Gasteiger partial charge in [-0.1, -0.05) is 25.2 Å². The minimum atomic E-state index is -0.235. The van der Waals surface area contributed by atoms with Gasteiger partial charge in [0.1, 0.15) is 0 Å². The molecule has 0 N–H and O–H groups in total. The Hall–Kier alpha value is -1.05. The van der Waals surface area contributed by atoms with Gasteiger partial charge in [-0.15, -0.1) is 0 Å². The third-order valence-corrected chi connectivity index (χ3v) is 5.10. The summed E-state index contributed by atoms with van der Waals surface area (Å²) in [5, 5.41) is 0. The van der Waals surface area contributed by atoms with Crippen LogP contribution in [0.4, 0.5) is 0 Å². The first-order chi connectivity index (χ1) is 8.48. The molecule has 100 valence electrons. The first-order valence-electron chi connectivity index (χ1n) is 6.91. The molecule has 18 heavy (non-hydrogen) atoms. The zero-order chi connectivity index (χ0) is 13.3. The van der Waals surface area contributed by atoms with E-state index in [1.807, 2.05) is 0 Å². The molecule has 0 amide bonds. The van der Waals surface area contributed by atoms with Crippen molar-refractivity contribution < 1.29 is 9.53 Å². The third-order valence-electron chi connectivity index (χ3n) is 5.10. The lowest BCUT2D eigenvalue weighted by Crippen LogP contribution is -2.38. The highest BCUT2D eigenvalue weighted by Gasteiger charge is 2.42. The molecule has 0 spiro atoms. The Morgan fingerprint density at radius 1 is 1.50 bits per heavy atom. The molecule has 1 saturated carbocycles. The lowest BCUT2D eigenvalue weighted by atomic mass is 9.57. The normalized spacial score (nSPS) is 35.4. The van der Waals surface area contributed by atoms with Crippen molar-refractivity contribution in [3.8, 4) is 0 Å². The number of carbonyl (C=O) groups excluding carboxylic acids is 1. The number of allylic oxidation sites excluding steroid dienone is 2. The van der Waals surface area contributed by atoms with E-state index in [9.17, 15) is 4.79 Å². The van der Waals surface area contributed by atoms with E-state index < -0.39 is 0 Å². The van der Waals surface area contributed by atoms with E-state index in [1.54, 1.807) is 0 Å². The van der Waals surface area contributed by atoms with Gasteiger partial charge < -0.3 is 4.74 Å². The molecule has 1 fully saturated rings. The van der Waals surface area contributed by atoms with Gasteiger partial charge in [-0.2, -0.15) is 0 Å². The number of methoxy groups -OCH3 is 1. The van der Waals surface area contributed by atoms with Crippen molar-refractivity contribution in [1.82, 2.24) is 0 Å². The second-order valence-corrected chi connectivity index (χ2v) is 6.18. The molecule has 1 unspecified atom stereocenters. The summed E-state index contributed by atoms with van der Waals surface area (Å²) < 4.78 is 4.80. The van der Waals surface area contributed by atoms with E-state index in [0.717, 1.165) is 12.8 Å². The topological polar surface area (TPSA) is 26.3 Å². The molecule has 2 heteroatoms. The zero-order valence-corrected chi connectivity index (χ0v) is 11.8. The maximum Gasteiger partial charge on any atom is 0.333 e. The summed E-state index contributed by atoms with van der Waals surface area (Å²) in [5.41, 5.74) is 2.61. The second-order valence-electron chi connectivity index (χ2n) is 6.18. The summed E-state index contributed by atoms with van der Waals surface area (Å²) in [6.45, 7) is 8.59. The van der Waals surface area contributed by atoms with Gasteiger partial charge in [0, 0.05) is 5.57 Å². The minimum Gasteiger partial charge on any atom is -0.466 e. The van der Waals surface area contributed by atoms with Gasteiger partial charge in [-0.25, -0.2) is 4.79 Å². The fourth-order valence-electron chi connectivity index (χ4n) is 3.79. The van der Waals surface area contributed by atoms with Crippen LogP contribution in [0.1, 0.15) is 46.0 Å². The van der Waals surface area contributed by atoms with Crippen molar-refractivity contribution in [1.29, 1.82) is 0 Å². The summed E-state index contributed by atoms with van der Waals surface area (Å²) in [5.74, 6) is 0.685. The van der Waals surface area contributed by atoms with E-state index in [-0.39, 0.29) is 5.97 Å². The largest absolute Gasteiger partial charge is 0.466 e. The fourth-order valence-corrected chi connectivity index (χ4v) is 3.79. The summed E-state index contributed by atoms with van der Waals surface area (Å²) in [6, 6.07) is 0. The highest BCUT2D eigenvalue weighted by atomic mass is 16.5. The van der Waals surface area contributed by atoms with Gasteiger partial charge in [0.2, 0.25) is 0 Å². The van der Waals surface area contributed by atoms with Crippen molar-refractivity contribution in [2.45, 2.75) is 46.0 Å². The number of fused-ring (bicyclic) bond motifs is 1. The number of hydrogen-bond acceptors (Lipinski definition) is 2. The van der Waals surface area contributed by atoms with Crippen molar-refractivity contribution in [2.24, 2.45) is 17.3 Å². The zero-order valence-electron chi connectivity index (χ0n) is 11.8. The summed E-state index contributed by atoms with van der Waals surface area (Å²) in [6.07, 6.45) is 8.20. The standard InChI is InChI=1S/C16H24O2/c1-11-6-5-8-16(3)9-7-13(10-14(11)16)12(2)15(17)18-4/h6,13-14H,2,5,7-10H2,1,3-4H3/t13-,14?,16-/m1/s1. The average molecular weight is 248 g/mol. The maximum absolute atomic E-state index is 11.6. The van der Waals surface area contributed by atoms with Crippen LogP contribution in [0.5, 0.6) is 0 Å². The minimum absolute atomic E-state index is 0.235. The van der Waals surface area contributed by atoms with Gasteiger partial charge in [-0.05, 0) is 56.3 Å². The molecular weight excluding hydrogens is 224 g/mol. The lowest BCUT2D eigenvalue weighted by molar-refractivity contribution is -0.137. The molecule has 0 bridgehead atoms. The Balaban J connectivity index is 2.13. The number of rotatable bonds is 2. The molecule has 2 aliphatic carbocycles. The van der Waals surface area contributed by atoms with Gasteiger partial charge in [0.15, 0.2) is 0 Å². The SMILES string of the molecule is C=C(C(=O)OC)[C@@H]1CC[C@@]2(C)CCC=C(C)C2C1. The van der Waals surface area contributed by atoms with Crippen molar-refractivity contribution >= 4 is 5.97 Å². The van der Waals surface area contributed by atoms with E-state index >= 15 is 0 Å². The molecule has 0 aromatic rings. The Kier molecular flexibility index (Phi) is 3.65. The third kappa shape index (κ3) is 2.25. The first-order valence-corrected chi connectivity index (χ1v) is 6.91. The summed E-state index contributed by atoms with van der Waals surface area (Å²) in [4.78, 5) is 11.6. The molecule has 0 aromatic carbocycles. The molecule has 0 radical (unpaired) electrons. The molecule has 0 aliphatic heterocycles. The average Bonchev–Trinajstić information content (AvgIpc) is 2.36. The fraction of sp³-hybridized carbons (Fsp3) is 0.688. The molecule has 2 rings (SSSR count). The van der Waals surface area contributed by atoms with Crippen LogP contribution in [0.3, 0.4) is 0 Å². The maximum atomic E-state index is 11.6. The van der Waals surface area contributed by atoms with Crippen molar-refractivity contribution in [3.05, 3.63) is 23.8 Å². The van der Waals surface area contributed by atoms with Crippen LogP contribution >= 0.6 is 0 Å².